The van der Waals surface area contributed by atoms with Crippen LogP contribution in [0, 0.1) is 0 Å². The van der Waals surface area contributed by atoms with E-state index < -0.39 is 0 Å². The molecule has 0 radical (unpaired) electrons. The lowest BCUT2D eigenvalue weighted by Crippen LogP contribution is -2.17. The Balaban J connectivity index is 1.68. The van der Waals surface area contributed by atoms with Crippen LogP contribution in [0.25, 0.3) is 10.9 Å². The van der Waals surface area contributed by atoms with Crippen molar-refractivity contribution in [2.75, 3.05) is 0 Å². The second-order valence-electron chi connectivity index (χ2n) is 4.78. The van der Waals surface area contributed by atoms with E-state index in [1.165, 1.54) is 22.0 Å². The van der Waals surface area contributed by atoms with Gasteiger partial charge in [-0.3, -0.25) is 4.98 Å². The van der Waals surface area contributed by atoms with Crippen LogP contribution in [-0.4, -0.2) is 9.97 Å². The minimum absolute atomic E-state index is 0.324. The number of H-pyrrole nitrogens is 1. The van der Waals surface area contributed by atoms with E-state index in [0.717, 1.165) is 6.54 Å². The predicted octanol–water partition coefficient (Wildman–Crippen LogP) is 3.41. The molecule has 0 aliphatic rings. The molecule has 0 fully saturated rings. The zero-order valence-electron chi connectivity index (χ0n) is 10.9. The Morgan fingerprint density at radius 3 is 2.84 bits per heavy atom. The summed E-state index contributed by atoms with van der Waals surface area (Å²) in [7, 11) is 0. The van der Waals surface area contributed by atoms with E-state index in [2.05, 4.69) is 46.5 Å². The van der Waals surface area contributed by atoms with Crippen LogP contribution >= 0.6 is 0 Å². The number of aromatic amines is 1. The van der Waals surface area contributed by atoms with Crippen LogP contribution in [-0.2, 0) is 6.54 Å². The number of fused-ring (bicyclic) bond motifs is 1. The highest BCUT2D eigenvalue weighted by Gasteiger charge is 2.04. The molecular weight excluding hydrogens is 234 g/mol. The minimum Gasteiger partial charge on any atom is -0.361 e. The monoisotopic (exact) mass is 251 g/mol. The molecule has 1 aromatic carbocycles. The van der Waals surface area contributed by atoms with E-state index in [4.69, 9.17) is 0 Å². The molecule has 0 saturated carbocycles. The SMILES string of the molecule is C[C@H](NCc1ccc2[nH]ccc2c1)c1ccncc1. The van der Waals surface area contributed by atoms with Gasteiger partial charge in [0.05, 0.1) is 0 Å². The van der Waals surface area contributed by atoms with E-state index in [9.17, 15) is 0 Å². The molecule has 3 nitrogen and oxygen atoms in total. The summed E-state index contributed by atoms with van der Waals surface area (Å²) < 4.78 is 0. The molecular formula is C16H17N3. The molecule has 0 saturated heterocycles. The van der Waals surface area contributed by atoms with Crippen molar-refractivity contribution in [1.82, 2.24) is 15.3 Å². The summed E-state index contributed by atoms with van der Waals surface area (Å²) >= 11 is 0. The van der Waals surface area contributed by atoms with Gasteiger partial charge in [0, 0.05) is 36.7 Å². The Hall–Kier alpha value is -2.13. The summed E-state index contributed by atoms with van der Waals surface area (Å²) in [6.07, 6.45) is 5.64. The van der Waals surface area contributed by atoms with E-state index in [-0.39, 0.29) is 0 Å². The number of hydrogen-bond donors (Lipinski definition) is 2. The van der Waals surface area contributed by atoms with E-state index in [1.807, 2.05) is 30.7 Å². The first-order valence-electron chi connectivity index (χ1n) is 6.52. The number of benzene rings is 1. The van der Waals surface area contributed by atoms with Crippen molar-refractivity contribution in [2.45, 2.75) is 19.5 Å². The van der Waals surface area contributed by atoms with Crippen molar-refractivity contribution in [1.29, 1.82) is 0 Å². The maximum absolute atomic E-state index is 4.04. The topological polar surface area (TPSA) is 40.7 Å². The van der Waals surface area contributed by atoms with Gasteiger partial charge < -0.3 is 10.3 Å². The second-order valence-corrected chi connectivity index (χ2v) is 4.78. The highest BCUT2D eigenvalue weighted by molar-refractivity contribution is 5.79. The van der Waals surface area contributed by atoms with Crippen molar-refractivity contribution in [3.8, 4) is 0 Å². The average molecular weight is 251 g/mol. The third-order valence-corrected chi connectivity index (χ3v) is 3.44. The molecule has 96 valence electrons. The molecule has 0 aliphatic heterocycles. The van der Waals surface area contributed by atoms with Crippen molar-refractivity contribution in [3.05, 3.63) is 66.1 Å². The van der Waals surface area contributed by atoms with Gasteiger partial charge in [-0.2, -0.15) is 0 Å². The van der Waals surface area contributed by atoms with Gasteiger partial charge in [-0.15, -0.1) is 0 Å². The predicted molar refractivity (Wildman–Crippen MR) is 77.8 cm³/mol. The lowest BCUT2D eigenvalue weighted by molar-refractivity contribution is 0.574. The van der Waals surface area contributed by atoms with E-state index in [0.29, 0.717) is 6.04 Å². The van der Waals surface area contributed by atoms with Gasteiger partial charge in [0.15, 0.2) is 0 Å². The first kappa shape index (κ1) is 11.9. The maximum atomic E-state index is 4.04. The first-order chi connectivity index (χ1) is 9.33. The Bertz CT molecular complexity index is 658. The number of hydrogen-bond acceptors (Lipinski definition) is 2. The number of nitrogens with zero attached hydrogens (tertiary/aromatic N) is 1. The third kappa shape index (κ3) is 2.66. The summed E-state index contributed by atoms with van der Waals surface area (Å²) in [6.45, 7) is 3.04. The lowest BCUT2D eigenvalue weighted by Gasteiger charge is -2.14. The van der Waals surface area contributed by atoms with Crippen molar-refractivity contribution < 1.29 is 0 Å². The van der Waals surface area contributed by atoms with Crippen LogP contribution in [0.1, 0.15) is 24.1 Å². The summed E-state index contributed by atoms with van der Waals surface area (Å²) in [6, 6.07) is 13.0. The Labute approximate surface area is 112 Å². The standard InChI is InChI=1S/C16H17N3/c1-12(14-4-7-17-8-5-14)19-11-13-2-3-16-15(10-13)6-9-18-16/h2-10,12,18-19H,11H2,1H3/t12-/m0/s1. The molecule has 19 heavy (non-hydrogen) atoms. The molecule has 0 spiro atoms. The fourth-order valence-electron chi connectivity index (χ4n) is 2.25. The van der Waals surface area contributed by atoms with Crippen LogP contribution < -0.4 is 5.32 Å². The average Bonchev–Trinajstić information content (AvgIpc) is 2.93. The molecule has 0 amide bonds. The molecule has 0 unspecified atom stereocenters. The molecule has 3 heteroatoms. The van der Waals surface area contributed by atoms with Crippen molar-refractivity contribution in [3.63, 3.8) is 0 Å². The fourth-order valence-corrected chi connectivity index (χ4v) is 2.25. The van der Waals surface area contributed by atoms with Gasteiger partial charge in [-0.25, -0.2) is 0 Å². The molecule has 2 aromatic heterocycles. The molecule has 1 atom stereocenters. The van der Waals surface area contributed by atoms with Crippen molar-refractivity contribution in [2.24, 2.45) is 0 Å². The van der Waals surface area contributed by atoms with Crippen LogP contribution in [0.15, 0.2) is 55.0 Å². The van der Waals surface area contributed by atoms with Crippen LogP contribution in [0.2, 0.25) is 0 Å². The molecule has 0 aliphatic carbocycles. The van der Waals surface area contributed by atoms with Crippen LogP contribution in [0.5, 0.6) is 0 Å². The van der Waals surface area contributed by atoms with E-state index in [1.54, 1.807) is 0 Å². The van der Waals surface area contributed by atoms with Crippen LogP contribution in [0.4, 0.5) is 0 Å². The van der Waals surface area contributed by atoms with E-state index >= 15 is 0 Å². The Kier molecular flexibility index (Phi) is 3.29. The summed E-state index contributed by atoms with van der Waals surface area (Å²) in [5.41, 5.74) is 3.75. The molecule has 3 rings (SSSR count). The maximum Gasteiger partial charge on any atom is 0.0454 e. The fraction of sp³-hybridized carbons (Fsp3) is 0.188. The number of pyridine rings is 1. The summed E-state index contributed by atoms with van der Waals surface area (Å²) in [4.78, 5) is 7.25. The van der Waals surface area contributed by atoms with Crippen molar-refractivity contribution >= 4 is 10.9 Å². The van der Waals surface area contributed by atoms with Gasteiger partial charge in [0.2, 0.25) is 0 Å². The second kappa shape index (κ2) is 5.24. The number of rotatable bonds is 4. The lowest BCUT2D eigenvalue weighted by atomic mass is 10.1. The smallest absolute Gasteiger partial charge is 0.0454 e. The zero-order valence-corrected chi connectivity index (χ0v) is 10.9. The normalized spacial score (nSPS) is 12.7. The van der Waals surface area contributed by atoms with Gasteiger partial charge in [0.1, 0.15) is 0 Å². The van der Waals surface area contributed by atoms with Crippen LogP contribution in [0.3, 0.4) is 0 Å². The quantitative estimate of drug-likeness (QED) is 0.746. The zero-order chi connectivity index (χ0) is 13.1. The Morgan fingerprint density at radius 2 is 2.00 bits per heavy atom. The number of nitrogens with one attached hydrogen (secondary N) is 2. The van der Waals surface area contributed by atoms with Gasteiger partial charge in [-0.05, 0) is 53.8 Å². The largest absolute Gasteiger partial charge is 0.361 e. The molecule has 2 heterocycles. The van der Waals surface area contributed by atoms with Gasteiger partial charge in [0.25, 0.3) is 0 Å². The molecule has 3 aromatic rings. The highest BCUT2D eigenvalue weighted by atomic mass is 14.9. The third-order valence-electron chi connectivity index (χ3n) is 3.44. The summed E-state index contributed by atoms with van der Waals surface area (Å²) in [5, 5.41) is 4.79. The molecule has 2 N–H and O–H groups in total. The Morgan fingerprint density at radius 1 is 1.16 bits per heavy atom. The first-order valence-corrected chi connectivity index (χ1v) is 6.52. The van der Waals surface area contributed by atoms with Gasteiger partial charge in [-0.1, -0.05) is 6.07 Å². The highest BCUT2D eigenvalue weighted by Crippen LogP contribution is 2.16. The van der Waals surface area contributed by atoms with Gasteiger partial charge >= 0.3 is 0 Å². The summed E-state index contributed by atoms with van der Waals surface area (Å²) in [5.74, 6) is 0. The minimum atomic E-state index is 0.324. The molecule has 0 bridgehead atoms. The number of aromatic nitrogens is 2.